The minimum Gasteiger partial charge on any atom is -0.481 e. The first-order valence-electron chi connectivity index (χ1n) is 5.97. The highest BCUT2D eigenvalue weighted by atomic mass is 79.9. The monoisotopic (exact) mass is 345 g/mol. The van der Waals surface area contributed by atoms with Gasteiger partial charge in [0.05, 0.1) is 11.4 Å². The summed E-state index contributed by atoms with van der Waals surface area (Å²) in [7, 11) is 0. The van der Waals surface area contributed by atoms with Crippen molar-refractivity contribution in [1.29, 1.82) is 0 Å². The highest BCUT2D eigenvalue weighted by Crippen LogP contribution is 2.27. The number of likely N-dealkylation sites (tertiary alicyclic amines) is 1. The van der Waals surface area contributed by atoms with Gasteiger partial charge in [0, 0.05) is 22.6 Å². The van der Waals surface area contributed by atoms with Crippen LogP contribution in [-0.4, -0.2) is 34.5 Å². The van der Waals surface area contributed by atoms with Crippen molar-refractivity contribution < 1.29 is 14.7 Å². The fraction of sp³-hybridized carbons (Fsp3) is 0.385. The van der Waals surface area contributed by atoms with E-state index in [2.05, 4.69) is 15.9 Å². The fourth-order valence-electron chi connectivity index (χ4n) is 2.31. The van der Waals surface area contributed by atoms with E-state index in [4.69, 9.17) is 16.7 Å². The van der Waals surface area contributed by atoms with Crippen LogP contribution in [0.3, 0.4) is 0 Å². The molecule has 6 heteroatoms. The molecule has 1 aliphatic heterocycles. The van der Waals surface area contributed by atoms with Crippen molar-refractivity contribution >= 4 is 39.4 Å². The molecule has 102 valence electrons. The van der Waals surface area contributed by atoms with Crippen molar-refractivity contribution in [3.63, 3.8) is 0 Å². The van der Waals surface area contributed by atoms with Crippen LogP contribution >= 0.6 is 27.5 Å². The van der Waals surface area contributed by atoms with Crippen molar-refractivity contribution in [2.75, 3.05) is 6.54 Å². The van der Waals surface area contributed by atoms with Crippen LogP contribution in [-0.2, 0) is 4.79 Å². The van der Waals surface area contributed by atoms with E-state index < -0.39 is 5.97 Å². The van der Waals surface area contributed by atoms with Crippen LogP contribution in [0.25, 0.3) is 0 Å². The summed E-state index contributed by atoms with van der Waals surface area (Å²) in [6.45, 7) is 0.608. The molecule has 0 aliphatic carbocycles. The molecule has 1 fully saturated rings. The van der Waals surface area contributed by atoms with Gasteiger partial charge < -0.3 is 10.0 Å². The molecule has 1 aromatic carbocycles. The maximum Gasteiger partial charge on any atom is 0.305 e. The Balaban J connectivity index is 2.18. The minimum absolute atomic E-state index is 0.000495. The second-order valence-electron chi connectivity index (χ2n) is 4.52. The Bertz CT molecular complexity index is 521. The van der Waals surface area contributed by atoms with E-state index in [0.717, 1.165) is 12.8 Å². The maximum atomic E-state index is 12.4. The third kappa shape index (κ3) is 3.28. The molecule has 0 bridgehead atoms. The highest BCUT2D eigenvalue weighted by molar-refractivity contribution is 9.10. The summed E-state index contributed by atoms with van der Waals surface area (Å²) in [6, 6.07) is 4.77. The second-order valence-corrected chi connectivity index (χ2v) is 5.78. The number of halogens is 2. The molecular formula is C13H13BrClNO3. The molecule has 0 aromatic heterocycles. The first kappa shape index (κ1) is 14.3. The van der Waals surface area contributed by atoms with Gasteiger partial charge in [-0.3, -0.25) is 9.59 Å². The molecule has 2 rings (SSSR count). The van der Waals surface area contributed by atoms with Crippen molar-refractivity contribution in [2.24, 2.45) is 0 Å². The largest absolute Gasteiger partial charge is 0.481 e. The van der Waals surface area contributed by atoms with E-state index in [0.29, 0.717) is 21.6 Å². The van der Waals surface area contributed by atoms with Gasteiger partial charge in [0.1, 0.15) is 0 Å². The predicted molar refractivity (Wildman–Crippen MR) is 75.5 cm³/mol. The van der Waals surface area contributed by atoms with Crippen LogP contribution in [0.15, 0.2) is 22.7 Å². The van der Waals surface area contributed by atoms with Crippen LogP contribution < -0.4 is 0 Å². The van der Waals surface area contributed by atoms with Crippen molar-refractivity contribution in [1.82, 2.24) is 4.90 Å². The van der Waals surface area contributed by atoms with E-state index in [9.17, 15) is 9.59 Å². The summed E-state index contributed by atoms with van der Waals surface area (Å²) in [5, 5.41) is 9.40. The lowest BCUT2D eigenvalue weighted by molar-refractivity contribution is -0.137. The molecule has 0 saturated carbocycles. The van der Waals surface area contributed by atoms with E-state index >= 15 is 0 Å². The average Bonchev–Trinajstić information content (AvgIpc) is 2.79. The van der Waals surface area contributed by atoms with E-state index in [-0.39, 0.29) is 18.4 Å². The number of carbonyl (C=O) groups excluding carboxylic acids is 1. The van der Waals surface area contributed by atoms with Gasteiger partial charge in [-0.25, -0.2) is 0 Å². The Labute approximate surface area is 124 Å². The Morgan fingerprint density at radius 3 is 2.84 bits per heavy atom. The topological polar surface area (TPSA) is 57.6 Å². The Hall–Kier alpha value is -1.07. The Kier molecular flexibility index (Phi) is 4.47. The zero-order chi connectivity index (χ0) is 14.0. The molecule has 0 spiro atoms. The molecule has 1 unspecified atom stereocenters. The van der Waals surface area contributed by atoms with Gasteiger partial charge in [0.15, 0.2) is 0 Å². The van der Waals surface area contributed by atoms with Crippen LogP contribution in [0, 0.1) is 0 Å². The van der Waals surface area contributed by atoms with E-state index in [1.165, 1.54) is 0 Å². The number of amides is 1. The summed E-state index contributed by atoms with van der Waals surface area (Å²) in [5.41, 5.74) is 0.522. The lowest BCUT2D eigenvalue weighted by atomic mass is 10.1. The van der Waals surface area contributed by atoms with Gasteiger partial charge in [-0.05, 0) is 47.0 Å². The third-order valence-corrected chi connectivity index (χ3v) is 4.43. The Morgan fingerprint density at radius 1 is 1.47 bits per heavy atom. The van der Waals surface area contributed by atoms with Crippen molar-refractivity contribution in [3.05, 3.63) is 33.3 Å². The quantitative estimate of drug-likeness (QED) is 0.914. The molecule has 1 atom stereocenters. The number of rotatable bonds is 3. The van der Waals surface area contributed by atoms with Crippen LogP contribution in [0.5, 0.6) is 0 Å². The average molecular weight is 347 g/mol. The number of nitrogens with zero attached hydrogens (tertiary/aromatic N) is 1. The van der Waals surface area contributed by atoms with Crippen LogP contribution in [0.2, 0.25) is 5.02 Å². The summed E-state index contributed by atoms with van der Waals surface area (Å²) >= 11 is 9.17. The highest BCUT2D eigenvalue weighted by Gasteiger charge is 2.31. The summed E-state index contributed by atoms with van der Waals surface area (Å²) in [5.74, 6) is -1.01. The molecule has 1 aliphatic rings. The SMILES string of the molecule is O=C(O)CC1CCCN1C(=O)c1ccc(Cl)c(Br)c1. The third-order valence-electron chi connectivity index (χ3n) is 3.21. The van der Waals surface area contributed by atoms with Crippen LogP contribution in [0.4, 0.5) is 0 Å². The fourth-order valence-corrected chi connectivity index (χ4v) is 2.81. The molecule has 1 N–H and O–H groups in total. The van der Waals surface area contributed by atoms with Gasteiger partial charge in [-0.15, -0.1) is 0 Å². The van der Waals surface area contributed by atoms with Gasteiger partial charge in [-0.2, -0.15) is 0 Å². The minimum atomic E-state index is -0.873. The number of hydrogen-bond donors (Lipinski definition) is 1. The summed E-state index contributed by atoms with van der Waals surface area (Å²) in [6.07, 6.45) is 1.59. The summed E-state index contributed by atoms with van der Waals surface area (Å²) in [4.78, 5) is 24.8. The number of aliphatic carboxylic acids is 1. The summed E-state index contributed by atoms with van der Waals surface area (Å²) < 4.78 is 0.661. The maximum absolute atomic E-state index is 12.4. The van der Waals surface area contributed by atoms with Gasteiger partial charge in [0.2, 0.25) is 0 Å². The van der Waals surface area contributed by atoms with Gasteiger partial charge in [0.25, 0.3) is 5.91 Å². The smallest absolute Gasteiger partial charge is 0.305 e. The van der Waals surface area contributed by atoms with E-state index in [1.54, 1.807) is 23.1 Å². The predicted octanol–water partition coefficient (Wildman–Crippen LogP) is 3.18. The lowest BCUT2D eigenvalue weighted by Gasteiger charge is -2.23. The van der Waals surface area contributed by atoms with Crippen molar-refractivity contribution in [3.8, 4) is 0 Å². The Morgan fingerprint density at radius 2 is 2.21 bits per heavy atom. The molecule has 4 nitrogen and oxygen atoms in total. The molecule has 0 radical (unpaired) electrons. The molecular weight excluding hydrogens is 334 g/mol. The van der Waals surface area contributed by atoms with Gasteiger partial charge in [-0.1, -0.05) is 11.6 Å². The molecule has 1 heterocycles. The number of carboxylic acid groups (broad SMARTS) is 1. The number of benzene rings is 1. The first-order valence-corrected chi connectivity index (χ1v) is 7.14. The zero-order valence-electron chi connectivity index (χ0n) is 10.1. The standard InChI is InChI=1S/C13H13BrClNO3/c14-10-6-8(3-4-11(10)15)13(19)16-5-1-2-9(16)7-12(17)18/h3-4,6,9H,1-2,5,7H2,(H,17,18). The zero-order valence-corrected chi connectivity index (χ0v) is 12.4. The number of carbonyl (C=O) groups is 2. The normalized spacial score (nSPS) is 18.6. The number of carboxylic acids is 1. The number of hydrogen-bond acceptors (Lipinski definition) is 2. The van der Waals surface area contributed by atoms with Gasteiger partial charge >= 0.3 is 5.97 Å². The molecule has 1 aromatic rings. The van der Waals surface area contributed by atoms with E-state index in [1.807, 2.05) is 0 Å². The second kappa shape index (κ2) is 5.92. The lowest BCUT2D eigenvalue weighted by Crippen LogP contribution is -2.36. The molecule has 1 saturated heterocycles. The van der Waals surface area contributed by atoms with Crippen LogP contribution in [0.1, 0.15) is 29.6 Å². The molecule has 19 heavy (non-hydrogen) atoms. The van der Waals surface area contributed by atoms with Crippen molar-refractivity contribution in [2.45, 2.75) is 25.3 Å². The first-order chi connectivity index (χ1) is 8.99. The molecule has 1 amide bonds.